The molecule has 3 unspecified atom stereocenters. The molecule has 0 aromatic rings. The molecule has 1 amide bonds. The largest absolute Gasteiger partial charge is 0.351 e. The number of rotatable bonds is 4. The zero-order chi connectivity index (χ0) is 13.1. The number of nitrogens with two attached hydrogens (primary N) is 1. The van der Waals surface area contributed by atoms with Crippen LogP contribution in [0, 0.1) is 11.8 Å². The van der Waals surface area contributed by atoms with Crippen LogP contribution >= 0.6 is 0 Å². The first-order valence-electron chi connectivity index (χ1n) is 6.99. The highest BCUT2D eigenvalue weighted by molar-refractivity contribution is 5.79. The highest BCUT2D eigenvalue weighted by Crippen LogP contribution is 2.30. The number of hydrogen-bond acceptors (Lipinski definition) is 2. The van der Waals surface area contributed by atoms with Crippen molar-refractivity contribution in [2.24, 2.45) is 17.6 Å². The molecular weight excluding hydrogens is 212 g/mol. The third-order valence-electron chi connectivity index (χ3n) is 4.56. The summed E-state index contributed by atoms with van der Waals surface area (Å²) in [4.78, 5) is 12.3. The maximum absolute atomic E-state index is 12.3. The normalized spacial score (nSPS) is 30.1. The number of amides is 1. The van der Waals surface area contributed by atoms with Crippen molar-refractivity contribution in [3.8, 4) is 0 Å². The van der Waals surface area contributed by atoms with Crippen molar-refractivity contribution in [1.29, 1.82) is 0 Å². The third kappa shape index (κ3) is 3.70. The lowest BCUT2D eigenvalue weighted by molar-refractivity contribution is -0.129. The molecule has 0 heterocycles. The summed E-state index contributed by atoms with van der Waals surface area (Å²) in [6, 6.07) is 0.205. The van der Waals surface area contributed by atoms with Crippen LogP contribution in [0.1, 0.15) is 59.8 Å². The Morgan fingerprint density at radius 3 is 2.47 bits per heavy atom. The third-order valence-corrected chi connectivity index (χ3v) is 4.56. The maximum Gasteiger partial charge on any atom is 0.223 e. The number of nitrogens with one attached hydrogen (secondary N) is 1. The molecule has 0 aromatic carbocycles. The van der Waals surface area contributed by atoms with E-state index in [0.717, 1.165) is 32.1 Å². The fraction of sp³-hybridized carbons (Fsp3) is 0.929. The molecule has 17 heavy (non-hydrogen) atoms. The van der Waals surface area contributed by atoms with Crippen molar-refractivity contribution >= 4 is 5.91 Å². The fourth-order valence-corrected chi connectivity index (χ4v) is 2.54. The van der Waals surface area contributed by atoms with Crippen LogP contribution in [0.5, 0.6) is 0 Å². The van der Waals surface area contributed by atoms with Crippen molar-refractivity contribution in [2.75, 3.05) is 0 Å². The van der Waals surface area contributed by atoms with E-state index in [0.29, 0.717) is 5.92 Å². The van der Waals surface area contributed by atoms with Crippen LogP contribution in [-0.2, 0) is 4.79 Å². The molecule has 1 aliphatic rings. The van der Waals surface area contributed by atoms with Gasteiger partial charge in [-0.05, 0) is 44.9 Å². The van der Waals surface area contributed by atoms with Gasteiger partial charge in [0.2, 0.25) is 5.91 Å². The van der Waals surface area contributed by atoms with Crippen LogP contribution < -0.4 is 11.1 Å². The average molecular weight is 240 g/mol. The smallest absolute Gasteiger partial charge is 0.223 e. The van der Waals surface area contributed by atoms with Gasteiger partial charge in [-0.25, -0.2) is 0 Å². The van der Waals surface area contributed by atoms with Crippen LogP contribution in [0.25, 0.3) is 0 Å². The molecule has 1 saturated carbocycles. The van der Waals surface area contributed by atoms with E-state index in [-0.39, 0.29) is 23.4 Å². The van der Waals surface area contributed by atoms with Crippen molar-refractivity contribution < 1.29 is 4.79 Å². The average Bonchev–Trinajstić information content (AvgIpc) is 2.32. The molecule has 0 bridgehead atoms. The monoisotopic (exact) mass is 240 g/mol. The van der Waals surface area contributed by atoms with E-state index in [1.807, 2.05) is 0 Å². The lowest BCUT2D eigenvalue weighted by atomic mass is 9.77. The van der Waals surface area contributed by atoms with Gasteiger partial charge < -0.3 is 11.1 Å². The summed E-state index contributed by atoms with van der Waals surface area (Å²) in [7, 11) is 0. The highest BCUT2D eigenvalue weighted by atomic mass is 16.2. The maximum atomic E-state index is 12.3. The van der Waals surface area contributed by atoms with E-state index < -0.39 is 0 Å². The van der Waals surface area contributed by atoms with Crippen LogP contribution in [0.15, 0.2) is 0 Å². The molecule has 0 radical (unpaired) electrons. The summed E-state index contributed by atoms with van der Waals surface area (Å²) >= 11 is 0. The lowest BCUT2D eigenvalue weighted by Gasteiger charge is -2.35. The Kier molecular flexibility index (Phi) is 4.99. The van der Waals surface area contributed by atoms with Crippen molar-refractivity contribution in [2.45, 2.75) is 71.4 Å². The predicted molar refractivity (Wildman–Crippen MR) is 71.6 cm³/mol. The van der Waals surface area contributed by atoms with Crippen molar-refractivity contribution in [3.05, 3.63) is 0 Å². The Bertz CT molecular complexity index is 261. The summed E-state index contributed by atoms with van der Waals surface area (Å²) in [6.45, 7) is 8.54. The SMILES string of the molecule is CCC(C)(CC)NC(=O)C1CC(N)CCC1C. The molecule has 3 heteroatoms. The molecular formula is C14H28N2O. The van der Waals surface area contributed by atoms with Gasteiger partial charge in [0.1, 0.15) is 0 Å². The van der Waals surface area contributed by atoms with Crippen LogP contribution in [-0.4, -0.2) is 17.5 Å². The van der Waals surface area contributed by atoms with E-state index in [4.69, 9.17) is 5.73 Å². The zero-order valence-corrected chi connectivity index (χ0v) is 11.8. The van der Waals surface area contributed by atoms with Gasteiger partial charge in [0, 0.05) is 17.5 Å². The van der Waals surface area contributed by atoms with Gasteiger partial charge in [0.15, 0.2) is 0 Å². The van der Waals surface area contributed by atoms with E-state index >= 15 is 0 Å². The van der Waals surface area contributed by atoms with E-state index in [1.54, 1.807) is 0 Å². The van der Waals surface area contributed by atoms with Gasteiger partial charge in [-0.15, -0.1) is 0 Å². The minimum absolute atomic E-state index is 0.0572. The number of hydrogen-bond donors (Lipinski definition) is 2. The van der Waals surface area contributed by atoms with E-state index in [1.165, 1.54) is 0 Å². The van der Waals surface area contributed by atoms with Crippen LogP contribution in [0.3, 0.4) is 0 Å². The predicted octanol–water partition coefficient (Wildman–Crippen LogP) is 2.44. The standard InChI is InChI=1S/C14H28N2O/c1-5-14(4,6-2)16-13(17)12-9-11(15)8-7-10(12)3/h10-12H,5-9,15H2,1-4H3,(H,16,17). The Hall–Kier alpha value is -0.570. The first kappa shape index (κ1) is 14.5. The van der Waals surface area contributed by atoms with Gasteiger partial charge in [-0.1, -0.05) is 20.8 Å². The summed E-state index contributed by atoms with van der Waals surface area (Å²) in [5.41, 5.74) is 5.92. The molecule has 0 aliphatic heterocycles. The number of carbonyl (C=O) groups excluding carboxylic acids is 1. The Morgan fingerprint density at radius 1 is 1.35 bits per heavy atom. The van der Waals surface area contributed by atoms with Crippen LogP contribution in [0.4, 0.5) is 0 Å². The molecule has 0 aromatic heterocycles. The summed E-state index contributed by atoms with van der Waals surface area (Å²) in [6.07, 6.45) is 4.93. The van der Waals surface area contributed by atoms with Gasteiger partial charge >= 0.3 is 0 Å². The van der Waals surface area contributed by atoms with Gasteiger partial charge in [0.05, 0.1) is 0 Å². The Morgan fingerprint density at radius 2 is 1.94 bits per heavy atom. The van der Waals surface area contributed by atoms with Crippen LogP contribution in [0.2, 0.25) is 0 Å². The molecule has 1 aliphatic carbocycles. The molecule has 3 N–H and O–H groups in total. The van der Waals surface area contributed by atoms with Gasteiger partial charge in [-0.2, -0.15) is 0 Å². The quantitative estimate of drug-likeness (QED) is 0.793. The second-order valence-electron chi connectivity index (χ2n) is 5.91. The zero-order valence-electron chi connectivity index (χ0n) is 11.8. The fourth-order valence-electron chi connectivity index (χ4n) is 2.54. The lowest BCUT2D eigenvalue weighted by Crippen LogP contribution is -2.50. The van der Waals surface area contributed by atoms with E-state index in [9.17, 15) is 4.79 Å². The molecule has 1 rings (SSSR count). The van der Waals surface area contributed by atoms with Crippen molar-refractivity contribution in [3.63, 3.8) is 0 Å². The first-order valence-corrected chi connectivity index (χ1v) is 6.99. The minimum atomic E-state index is -0.0572. The van der Waals surface area contributed by atoms with Gasteiger partial charge in [-0.3, -0.25) is 4.79 Å². The Balaban J connectivity index is 2.62. The second-order valence-corrected chi connectivity index (χ2v) is 5.91. The molecule has 0 saturated heterocycles. The summed E-state index contributed by atoms with van der Waals surface area (Å²) < 4.78 is 0. The molecule has 100 valence electrons. The number of carbonyl (C=O) groups is 1. The molecule has 3 nitrogen and oxygen atoms in total. The summed E-state index contributed by atoms with van der Waals surface area (Å²) in [5, 5.41) is 3.22. The first-order chi connectivity index (χ1) is 7.91. The van der Waals surface area contributed by atoms with Crippen molar-refractivity contribution in [1.82, 2.24) is 5.32 Å². The molecule has 0 spiro atoms. The minimum Gasteiger partial charge on any atom is -0.351 e. The highest BCUT2D eigenvalue weighted by Gasteiger charge is 2.33. The second kappa shape index (κ2) is 5.85. The van der Waals surface area contributed by atoms with Gasteiger partial charge in [0.25, 0.3) is 0 Å². The topological polar surface area (TPSA) is 55.1 Å². The molecule has 3 atom stereocenters. The Labute approximate surface area is 106 Å². The molecule has 1 fully saturated rings. The van der Waals surface area contributed by atoms with E-state index in [2.05, 4.69) is 33.0 Å². The summed E-state index contributed by atoms with van der Waals surface area (Å²) in [5.74, 6) is 0.780.